The maximum Gasteiger partial charge on any atom is 0.322 e. The number of nitrogens with one attached hydrogen (secondary N) is 1. The number of hydrogen-bond donors (Lipinski definition) is 1. The lowest BCUT2D eigenvalue weighted by Gasteiger charge is -2.38. The van der Waals surface area contributed by atoms with Crippen molar-refractivity contribution in [1.82, 2.24) is 14.7 Å². The summed E-state index contributed by atoms with van der Waals surface area (Å²) in [7, 11) is 1.63. The molecule has 6 heteroatoms. The average Bonchev–Trinajstić information content (AvgIpc) is 3.22. The van der Waals surface area contributed by atoms with Crippen LogP contribution in [0.25, 0.3) is 0 Å². The maximum absolute atomic E-state index is 12.8. The van der Waals surface area contributed by atoms with Crippen molar-refractivity contribution in [3.8, 4) is 5.75 Å². The van der Waals surface area contributed by atoms with E-state index in [1.54, 1.807) is 7.11 Å². The van der Waals surface area contributed by atoms with Crippen LogP contribution in [0.4, 0.5) is 10.5 Å². The summed E-state index contributed by atoms with van der Waals surface area (Å²) in [5, 5.41) is 7.40. The van der Waals surface area contributed by atoms with Crippen molar-refractivity contribution < 1.29 is 9.53 Å². The molecule has 2 aliphatic rings. The van der Waals surface area contributed by atoms with Crippen molar-refractivity contribution in [2.75, 3.05) is 12.4 Å². The summed E-state index contributed by atoms with van der Waals surface area (Å²) in [6, 6.07) is 10.4. The van der Waals surface area contributed by atoms with Crippen LogP contribution in [0.2, 0.25) is 0 Å². The first-order valence-electron chi connectivity index (χ1n) is 8.47. The van der Waals surface area contributed by atoms with Gasteiger partial charge in [0.1, 0.15) is 5.75 Å². The molecule has 1 aromatic carbocycles. The summed E-state index contributed by atoms with van der Waals surface area (Å²) in [6.07, 6.45) is 7.95. The first-order chi connectivity index (χ1) is 11.7. The van der Waals surface area contributed by atoms with Gasteiger partial charge in [0.2, 0.25) is 0 Å². The van der Waals surface area contributed by atoms with Crippen LogP contribution in [-0.4, -0.2) is 39.9 Å². The topological polar surface area (TPSA) is 59.4 Å². The Kier molecular flexibility index (Phi) is 3.88. The third-order valence-electron chi connectivity index (χ3n) is 5.16. The molecule has 2 unspecified atom stereocenters. The molecular weight excluding hydrogens is 304 g/mol. The van der Waals surface area contributed by atoms with Crippen molar-refractivity contribution >= 4 is 11.7 Å². The lowest BCUT2D eigenvalue weighted by atomic mass is 9.98. The predicted octanol–water partition coefficient (Wildman–Crippen LogP) is 3.29. The zero-order valence-electron chi connectivity index (χ0n) is 13.8. The molecule has 3 heterocycles. The van der Waals surface area contributed by atoms with Crippen LogP contribution in [0, 0.1) is 0 Å². The molecule has 2 aliphatic heterocycles. The maximum atomic E-state index is 12.8. The third kappa shape index (κ3) is 2.72. The van der Waals surface area contributed by atoms with E-state index in [0.29, 0.717) is 18.1 Å². The molecule has 2 saturated heterocycles. The number of ether oxygens (including phenoxy) is 1. The Bertz CT molecular complexity index is 702. The van der Waals surface area contributed by atoms with E-state index in [2.05, 4.69) is 10.4 Å². The van der Waals surface area contributed by atoms with Crippen LogP contribution >= 0.6 is 0 Å². The highest BCUT2D eigenvalue weighted by atomic mass is 16.5. The van der Waals surface area contributed by atoms with Gasteiger partial charge in [0.15, 0.2) is 0 Å². The Hall–Kier alpha value is -2.50. The Morgan fingerprint density at radius 1 is 1.21 bits per heavy atom. The summed E-state index contributed by atoms with van der Waals surface area (Å²) in [4.78, 5) is 14.8. The molecule has 1 N–H and O–H groups in total. The van der Waals surface area contributed by atoms with E-state index < -0.39 is 0 Å². The molecule has 126 valence electrons. The van der Waals surface area contributed by atoms with E-state index in [9.17, 15) is 4.79 Å². The summed E-state index contributed by atoms with van der Waals surface area (Å²) < 4.78 is 7.26. The van der Waals surface area contributed by atoms with Crippen LogP contribution < -0.4 is 10.1 Å². The van der Waals surface area contributed by atoms with Crippen molar-refractivity contribution in [1.29, 1.82) is 0 Å². The number of methoxy groups -OCH3 is 1. The van der Waals surface area contributed by atoms with Gasteiger partial charge >= 0.3 is 6.03 Å². The van der Waals surface area contributed by atoms with Gasteiger partial charge < -0.3 is 15.0 Å². The Balaban J connectivity index is 1.46. The van der Waals surface area contributed by atoms with Crippen LogP contribution in [-0.2, 0) is 0 Å². The highest BCUT2D eigenvalue weighted by molar-refractivity contribution is 5.90. The lowest BCUT2D eigenvalue weighted by molar-refractivity contribution is 0.129. The van der Waals surface area contributed by atoms with E-state index in [1.807, 2.05) is 52.3 Å². The van der Waals surface area contributed by atoms with Gasteiger partial charge in [0.05, 0.1) is 13.2 Å². The number of benzene rings is 1. The summed E-state index contributed by atoms with van der Waals surface area (Å²) in [6.45, 7) is 0. The molecular formula is C18H22N4O2. The van der Waals surface area contributed by atoms with E-state index in [4.69, 9.17) is 4.74 Å². The van der Waals surface area contributed by atoms with Crippen LogP contribution in [0.15, 0.2) is 42.7 Å². The monoisotopic (exact) mass is 326 g/mol. The molecule has 2 fully saturated rings. The molecule has 0 saturated carbocycles. The summed E-state index contributed by atoms with van der Waals surface area (Å²) >= 11 is 0. The summed E-state index contributed by atoms with van der Waals surface area (Å²) in [5.74, 6) is 0.744. The molecule has 24 heavy (non-hydrogen) atoms. The molecule has 2 bridgehead atoms. The van der Waals surface area contributed by atoms with E-state index in [0.717, 1.165) is 37.1 Å². The zero-order chi connectivity index (χ0) is 16.5. The van der Waals surface area contributed by atoms with Crippen LogP contribution in [0.1, 0.15) is 31.7 Å². The molecule has 0 aliphatic carbocycles. The summed E-state index contributed by atoms with van der Waals surface area (Å²) in [5.41, 5.74) is 0.771. The minimum atomic E-state index is -0.00494. The number of carbonyl (C=O) groups is 1. The molecule has 2 atom stereocenters. The molecule has 0 radical (unpaired) electrons. The largest absolute Gasteiger partial charge is 0.497 e. The minimum Gasteiger partial charge on any atom is -0.497 e. The average molecular weight is 326 g/mol. The fraction of sp³-hybridized carbons (Fsp3) is 0.444. The quantitative estimate of drug-likeness (QED) is 0.941. The second kappa shape index (κ2) is 6.19. The van der Waals surface area contributed by atoms with Gasteiger partial charge in [0.25, 0.3) is 0 Å². The molecule has 4 rings (SSSR count). The second-order valence-corrected chi connectivity index (χ2v) is 6.57. The zero-order valence-corrected chi connectivity index (χ0v) is 13.8. The van der Waals surface area contributed by atoms with Gasteiger partial charge in [-0.15, -0.1) is 0 Å². The smallest absolute Gasteiger partial charge is 0.322 e. The molecule has 1 aromatic heterocycles. The molecule has 2 amide bonds. The number of hydrogen-bond acceptors (Lipinski definition) is 3. The number of urea groups is 1. The second-order valence-electron chi connectivity index (χ2n) is 6.57. The number of nitrogens with zero attached hydrogens (tertiary/aromatic N) is 3. The van der Waals surface area contributed by atoms with Gasteiger partial charge in [0, 0.05) is 36.2 Å². The highest BCUT2D eigenvalue weighted by Gasteiger charge is 2.43. The number of anilines is 1. The number of aromatic nitrogens is 2. The molecule has 6 nitrogen and oxygen atoms in total. The number of rotatable bonds is 3. The molecule has 0 spiro atoms. The number of fused-ring (bicyclic) bond motifs is 2. The fourth-order valence-corrected chi connectivity index (χ4v) is 4.08. The highest BCUT2D eigenvalue weighted by Crippen LogP contribution is 2.40. The fourth-order valence-electron chi connectivity index (χ4n) is 4.08. The third-order valence-corrected chi connectivity index (χ3v) is 5.16. The standard InChI is InChI=1S/C18H22N4O2/c1-24-17-5-2-4-13(10-17)20-18(23)22-14-6-7-15(22)12-16(11-14)21-9-3-8-19-21/h2-5,8-10,14-16H,6-7,11-12H2,1H3,(H,20,23). The van der Waals surface area contributed by atoms with Gasteiger partial charge in [-0.1, -0.05) is 6.07 Å². The van der Waals surface area contributed by atoms with Crippen molar-refractivity contribution in [3.63, 3.8) is 0 Å². The van der Waals surface area contributed by atoms with E-state index in [-0.39, 0.29) is 6.03 Å². The minimum absolute atomic E-state index is 0.00494. The first kappa shape index (κ1) is 15.1. The Morgan fingerprint density at radius 2 is 2.00 bits per heavy atom. The van der Waals surface area contributed by atoms with Gasteiger partial charge in [-0.2, -0.15) is 5.10 Å². The van der Waals surface area contributed by atoms with E-state index >= 15 is 0 Å². The van der Waals surface area contributed by atoms with Gasteiger partial charge in [-0.3, -0.25) is 4.68 Å². The Labute approximate surface area is 141 Å². The number of carbonyl (C=O) groups excluding carboxylic acids is 1. The normalized spacial score (nSPS) is 25.5. The first-order valence-corrected chi connectivity index (χ1v) is 8.47. The predicted molar refractivity (Wildman–Crippen MR) is 91.2 cm³/mol. The number of piperidine rings is 1. The Morgan fingerprint density at radius 3 is 2.67 bits per heavy atom. The van der Waals surface area contributed by atoms with Gasteiger partial charge in [-0.25, -0.2) is 4.79 Å². The SMILES string of the molecule is COc1cccc(NC(=O)N2C3CCC2CC(n2cccn2)C3)c1. The molecule has 2 aromatic rings. The number of amides is 2. The lowest BCUT2D eigenvalue weighted by Crippen LogP contribution is -2.48. The van der Waals surface area contributed by atoms with Crippen LogP contribution in [0.3, 0.4) is 0 Å². The van der Waals surface area contributed by atoms with Crippen molar-refractivity contribution in [2.45, 2.75) is 43.8 Å². The van der Waals surface area contributed by atoms with E-state index in [1.165, 1.54) is 0 Å². The van der Waals surface area contributed by atoms with Crippen molar-refractivity contribution in [3.05, 3.63) is 42.7 Å². The van der Waals surface area contributed by atoms with Gasteiger partial charge in [-0.05, 0) is 43.9 Å². The van der Waals surface area contributed by atoms with Crippen molar-refractivity contribution in [2.24, 2.45) is 0 Å². The van der Waals surface area contributed by atoms with Crippen LogP contribution in [0.5, 0.6) is 5.75 Å².